The number of esters is 1. The largest absolute Gasteiger partial charge is 0.462 e. The van der Waals surface area contributed by atoms with Gasteiger partial charge in [-0.15, -0.1) is 0 Å². The molecule has 0 atom stereocenters. The van der Waals surface area contributed by atoms with E-state index in [2.05, 4.69) is 0 Å². The van der Waals surface area contributed by atoms with Crippen molar-refractivity contribution >= 4 is 20.7 Å². The van der Waals surface area contributed by atoms with Gasteiger partial charge in [-0.25, -0.2) is 9.59 Å². The number of nitrogens with zero attached hydrogens (tertiary/aromatic N) is 1. The number of rotatable bonds is 8. The maximum Gasteiger partial charge on any atom is 0.410 e. The van der Waals surface area contributed by atoms with Crippen molar-refractivity contribution in [1.82, 2.24) is 4.90 Å². The molecule has 0 aromatic carbocycles. The second-order valence-electron chi connectivity index (χ2n) is 6.42. The molecule has 9 heteroatoms. The first-order valence-electron chi connectivity index (χ1n) is 8.82. The van der Waals surface area contributed by atoms with Crippen LogP contribution >= 0.6 is 8.60 Å². The van der Waals surface area contributed by atoms with Crippen LogP contribution in [0.3, 0.4) is 0 Å². The number of hydrogen-bond donors (Lipinski definition) is 0. The van der Waals surface area contributed by atoms with Crippen LogP contribution in [0, 0.1) is 0 Å². The summed E-state index contributed by atoms with van der Waals surface area (Å²) in [5.41, 5.74) is -0.323. The Morgan fingerprint density at radius 3 is 2.19 bits per heavy atom. The van der Waals surface area contributed by atoms with E-state index in [9.17, 15) is 9.59 Å². The van der Waals surface area contributed by atoms with Gasteiger partial charge in [0.15, 0.2) is 0 Å². The molecule has 0 spiro atoms. The third kappa shape index (κ3) is 7.48. The van der Waals surface area contributed by atoms with E-state index >= 15 is 0 Å². The Balaban J connectivity index is 2.97. The van der Waals surface area contributed by atoms with Crippen LogP contribution in [0.25, 0.3) is 0 Å². The lowest BCUT2D eigenvalue weighted by atomic mass is 10.1. The van der Waals surface area contributed by atoms with Crippen molar-refractivity contribution in [2.75, 3.05) is 32.9 Å². The fourth-order valence-electron chi connectivity index (χ4n) is 2.12. The summed E-state index contributed by atoms with van der Waals surface area (Å²) >= 11 is 0. The van der Waals surface area contributed by atoms with Gasteiger partial charge in [0.05, 0.1) is 31.9 Å². The van der Waals surface area contributed by atoms with E-state index in [0.717, 1.165) is 0 Å². The molecule has 1 amide bonds. The van der Waals surface area contributed by atoms with Gasteiger partial charge in [0.2, 0.25) is 0 Å². The minimum Gasteiger partial charge on any atom is -0.462 e. The van der Waals surface area contributed by atoms with Crippen molar-refractivity contribution < 1.29 is 32.6 Å². The Hall–Kier alpha value is -1.37. The van der Waals surface area contributed by atoms with Crippen molar-refractivity contribution in [2.24, 2.45) is 0 Å². The third-order valence-electron chi connectivity index (χ3n) is 3.12. The molecule has 150 valence electrons. The van der Waals surface area contributed by atoms with Gasteiger partial charge in [0.25, 0.3) is 0 Å². The lowest BCUT2D eigenvalue weighted by molar-refractivity contribution is -0.139. The SMILES string of the molecule is CCOC(=O)C1=C(OP(OCC)OCC)CCN(C(=O)OC(C)(C)C)C1. The van der Waals surface area contributed by atoms with E-state index in [0.29, 0.717) is 31.9 Å². The van der Waals surface area contributed by atoms with Crippen molar-refractivity contribution in [1.29, 1.82) is 0 Å². The van der Waals surface area contributed by atoms with E-state index < -0.39 is 26.3 Å². The molecule has 0 bridgehead atoms. The second kappa shape index (κ2) is 10.7. The molecule has 1 aliphatic heterocycles. The lowest BCUT2D eigenvalue weighted by Crippen LogP contribution is -2.42. The summed E-state index contributed by atoms with van der Waals surface area (Å²) in [6.07, 6.45) is -0.123. The van der Waals surface area contributed by atoms with Crippen LogP contribution in [0.2, 0.25) is 0 Å². The summed E-state index contributed by atoms with van der Waals surface area (Å²) in [4.78, 5) is 26.1. The Labute approximate surface area is 156 Å². The standard InChI is InChI=1S/C17H30NO7P/c1-7-21-15(19)13-12-18(16(20)24-17(4,5)6)11-10-14(13)25-26(22-8-2)23-9-3/h7-12H2,1-6H3. The smallest absolute Gasteiger partial charge is 0.410 e. The molecule has 8 nitrogen and oxygen atoms in total. The molecule has 0 saturated heterocycles. The summed E-state index contributed by atoms with van der Waals surface area (Å²) in [6, 6.07) is 0. The van der Waals surface area contributed by atoms with E-state index in [1.807, 2.05) is 13.8 Å². The van der Waals surface area contributed by atoms with Crippen molar-refractivity contribution in [3.05, 3.63) is 11.3 Å². The Morgan fingerprint density at radius 1 is 1.08 bits per heavy atom. The number of amides is 1. The second-order valence-corrected chi connectivity index (χ2v) is 7.57. The van der Waals surface area contributed by atoms with Crippen LogP contribution in [0.15, 0.2) is 11.3 Å². The van der Waals surface area contributed by atoms with Gasteiger partial charge in [-0.1, -0.05) is 0 Å². The summed E-state index contributed by atoms with van der Waals surface area (Å²) < 4.78 is 27.2. The van der Waals surface area contributed by atoms with Gasteiger partial charge in [-0.2, -0.15) is 0 Å². The van der Waals surface area contributed by atoms with Crippen LogP contribution in [-0.2, 0) is 27.8 Å². The van der Waals surface area contributed by atoms with E-state index in [1.54, 1.807) is 27.7 Å². The molecule has 0 aromatic heterocycles. The number of carbonyl (C=O) groups excluding carboxylic acids is 2. The fraction of sp³-hybridized carbons (Fsp3) is 0.765. The lowest BCUT2D eigenvalue weighted by Gasteiger charge is -2.32. The Morgan fingerprint density at radius 2 is 1.69 bits per heavy atom. The highest BCUT2D eigenvalue weighted by atomic mass is 31.2. The minimum atomic E-state index is -1.60. The van der Waals surface area contributed by atoms with Crippen molar-refractivity contribution in [3.63, 3.8) is 0 Å². The van der Waals surface area contributed by atoms with E-state index in [1.165, 1.54) is 4.90 Å². The molecule has 0 aromatic rings. The molecular weight excluding hydrogens is 361 g/mol. The highest BCUT2D eigenvalue weighted by Gasteiger charge is 2.33. The van der Waals surface area contributed by atoms with Gasteiger partial charge in [-0.3, -0.25) is 0 Å². The van der Waals surface area contributed by atoms with Crippen LogP contribution < -0.4 is 0 Å². The maximum atomic E-state index is 12.3. The fourth-order valence-corrected chi connectivity index (χ4v) is 3.10. The molecule has 0 fully saturated rings. The van der Waals surface area contributed by atoms with Crippen molar-refractivity contribution in [3.8, 4) is 0 Å². The highest BCUT2D eigenvalue weighted by molar-refractivity contribution is 7.41. The van der Waals surface area contributed by atoms with Crippen LogP contribution in [0.4, 0.5) is 4.79 Å². The predicted molar refractivity (Wildman–Crippen MR) is 97.3 cm³/mol. The molecule has 0 unspecified atom stereocenters. The molecule has 26 heavy (non-hydrogen) atoms. The predicted octanol–water partition coefficient (Wildman–Crippen LogP) is 3.76. The molecule has 1 rings (SSSR count). The number of hydrogen-bond acceptors (Lipinski definition) is 7. The van der Waals surface area contributed by atoms with Gasteiger partial charge in [-0.05, 0) is 41.5 Å². The van der Waals surface area contributed by atoms with E-state index in [-0.39, 0.29) is 18.7 Å². The average Bonchev–Trinajstić information content (AvgIpc) is 2.54. The quantitative estimate of drug-likeness (QED) is 0.460. The summed E-state index contributed by atoms with van der Waals surface area (Å²) in [5, 5.41) is 0. The minimum absolute atomic E-state index is 0.0600. The normalized spacial score (nSPS) is 15.3. The zero-order valence-corrected chi connectivity index (χ0v) is 17.4. The Bertz CT molecular complexity index is 510. The zero-order chi connectivity index (χ0) is 19.7. The third-order valence-corrected chi connectivity index (χ3v) is 4.43. The van der Waals surface area contributed by atoms with Gasteiger partial charge < -0.3 is 27.9 Å². The highest BCUT2D eigenvalue weighted by Crippen LogP contribution is 2.44. The van der Waals surface area contributed by atoms with Crippen LogP contribution in [-0.4, -0.2) is 55.5 Å². The van der Waals surface area contributed by atoms with Crippen molar-refractivity contribution in [2.45, 2.75) is 53.6 Å². The first-order chi connectivity index (χ1) is 12.2. The number of carbonyl (C=O) groups is 2. The Kier molecular flexibility index (Phi) is 9.33. The van der Waals surface area contributed by atoms with Crippen LogP contribution in [0.5, 0.6) is 0 Å². The molecule has 0 N–H and O–H groups in total. The molecule has 1 heterocycles. The van der Waals surface area contributed by atoms with E-state index in [4.69, 9.17) is 23.0 Å². The first-order valence-corrected chi connectivity index (χ1v) is 9.92. The molecular formula is C17H30NO7P. The summed E-state index contributed by atoms with van der Waals surface area (Å²) in [7, 11) is -1.60. The average molecular weight is 391 g/mol. The first kappa shape index (κ1) is 22.7. The van der Waals surface area contributed by atoms with Gasteiger partial charge in [0.1, 0.15) is 11.4 Å². The van der Waals surface area contributed by atoms with Gasteiger partial charge in [0, 0.05) is 13.0 Å². The van der Waals surface area contributed by atoms with Gasteiger partial charge >= 0.3 is 20.7 Å². The molecule has 0 saturated carbocycles. The summed E-state index contributed by atoms with van der Waals surface area (Å²) in [5.74, 6) is -0.0741. The molecule has 0 radical (unpaired) electrons. The molecule has 1 aliphatic rings. The topological polar surface area (TPSA) is 83.5 Å². The zero-order valence-electron chi connectivity index (χ0n) is 16.5. The summed E-state index contributed by atoms with van der Waals surface area (Å²) in [6.45, 7) is 12.3. The molecule has 0 aliphatic carbocycles. The van der Waals surface area contributed by atoms with Crippen LogP contribution in [0.1, 0.15) is 48.0 Å². The monoisotopic (exact) mass is 391 g/mol. The maximum absolute atomic E-state index is 12.3. The number of ether oxygens (including phenoxy) is 2.